The third kappa shape index (κ3) is 1.64. The molecule has 1 fully saturated rings. The van der Waals surface area contributed by atoms with E-state index in [-0.39, 0.29) is 11.0 Å². The minimum absolute atomic E-state index is 0.241. The highest BCUT2D eigenvalue weighted by Crippen LogP contribution is 2.43. The fraction of sp³-hybridized carbons (Fsp3) is 0.733. The molecule has 0 amide bonds. The van der Waals surface area contributed by atoms with E-state index in [1.807, 2.05) is 0 Å². The Morgan fingerprint density at radius 1 is 1.28 bits per heavy atom. The Balaban J connectivity index is 1.84. The van der Waals surface area contributed by atoms with Gasteiger partial charge in [-0.15, -0.1) is 0 Å². The number of nitrogens with two attached hydrogens (primary N) is 1. The maximum atomic E-state index is 6.45. The Bertz CT molecular complexity index is 433. The lowest BCUT2D eigenvalue weighted by Gasteiger charge is -2.46. The van der Waals surface area contributed by atoms with Crippen LogP contribution in [-0.4, -0.2) is 34.1 Å². The van der Waals surface area contributed by atoms with Crippen molar-refractivity contribution in [3.8, 4) is 0 Å². The van der Waals surface area contributed by atoms with Crippen molar-refractivity contribution in [1.82, 2.24) is 9.47 Å². The van der Waals surface area contributed by atoms with Gasteiger partial charge >= 0.3 is 0 Å². The summed E-state index contributed by atoms with van der Waals surface area (Å²) in [5.41, 5.74) is 8.46. The molecule has 3 rings (SSSR count). The van der Waals surface area contributed by atoms with E-state index in [0.29, 0.717) is 6.04 Å². The molecule has 0 aliphatic carbocycles. The smallest absolute Gasteiger partial charge is 0.0383 e. The molecule has 18 heavy (non-hydrogen) atoms. The zero-order valence-electron chi connectivity index (χ0n) is 11.8. The third-order valence-electron chi connectivity index (χ3n) is 5.05. The van der Waals surface area contributed by atoms with Gasteiger partial charge in [0.05, 0.1) is 0 Å². The van der Waals surface area contributed by atoms with Gasteiger partial charge in [-0.3, -0.25) is 4.90 Å². The molecule has 100 valence electrons. The molecule has 0 radical (unpaired) electrons. The molecule has 3 heteroatoms. The lowest BCUT2D eigenvalue weighted by Crippen LogP contribution is -2.54. The van der Waals surface area contributed by atoms with Crippen LogP contribution in [0.3, 0.4) is 0 Å². The van der Waals surface area contributed by atoms with Gasteiger partial charge in [0.1, 0.15) is 0 Å². The van der Waals surface area contributed by atoms with Gasteiger partial charge in [0.25, 0.3) is 0 Å². The Morgan fingerprint density at radius 3 is 2.56 bits per heavy atom. The normalized spacial score (nSPS) is 27.7. The van der Waals surface area contributed by atoms with E-state index in [9.17, 15) is 0 Å². The van der Waals surface area contributed by atoms with Gasteiger partial charge in [-0.1, -0.05) is 0 Å². The first-order valence-corrected chi connectivity index (χ1v) is 7.10. The third-order valence-corrected chi connectivity index (χ3v) is 5.05. The molecule has 1 saturated heterocycles. The van der Waals surface area contributed by atoms with Gasteiger partial charge in [0.15, 0.2) is 0 Å². The summed E-state index contributed by atoms with van der Waals surface area (Å²) in [7, 11) is 0. The van der Waals surface area contributed by atoms with Crippen LogP contribution in [0.25, 0.3) is 0 Å². The maximum absolute atomic E-state index is 6.45. The second-order valence-corrected chi connectivity index (χ2v) is 6.97. The lowest BCUT2D eigenvalue weighted by atomic mass is 9.71. The van der Waals surface area contributed by atoms with E-state index >= 15 is 0 Å². The van der Waals surface area contributed by atoms with E-state index in [4.69, 9.17) is 5.73 Å². The van der Waals surface area contributed by atoms with Crippen molar-refractivity contribution in [2.24, 2.45) is 5.73 Å². The van der Waals surface area contributed by atoms with E-state index in [2.05, 4.69) is 48.6 Å². The van der Waals surface area contributed by atoms with Gasteiger partial charge in [-0.2, -0.15) is 0 Å². The van der Waals surface area contributed by atoms with Gasteiger partial charge in [-0.25, -0.2) is 0 Å². The molecule has 0 aromatic carbocycles. The monoisotopic (exact) mass is 247 g/mol. The molecule has 3 heterocycles. The first kappa shape index (κ1) is 12.2. The topological polar surface area (TPSA) is 34.2 Å². The highest BCUT2D eigenvalue weighted by atomic mass is 15.2. The Hall–Kier alpha value is -0.800. The summed E-state index contributed by atoms with van der Waals surface area (Å²) >= 11 is 0. The largest absolute Gasteiger partial charge is 0.349 e. The fourth-order valence-electron chi connectivity index (χ4n) is 3.81. The second kappa shape index (κ2) is 3.84. The predicted molar refractivity (Wildman–Crippen MR) is 74.6 cm³/mol. The van der Waals surface area contributed by atoms with Crippen molar-refractivity contribution < 1.29 is 0 Å². The average molecular weight is 247 g/mol. The van der Waals surface area contributed by atoms with Crippen LogP contribution in [0.4, 0.5) is 0 Å². The molecule has 3 nitrogen and oxygen atoms in total. The molecule has 0 saturated carbocycles. The van der Waals surface area contributed by atoms with Crippen LogP contribution >= 0.6 is 0 Å². The molecular formula is C15H25N3. The number of nitrogens with zero attached hydrogens (tertiary/aromatic N) is 2. The average Bonchev–Trinajstić information content (AvgIpc) is 2.83. The summed E-state index contributed by atoms with van der Waals surface area (Å²) in [5.74, 6) is 0. The van der Waals surface area contributed by atoms with Crippen LogP contribution in [0.5, 0.6) is 0 Å². The molecule has 2 aliphatic heterocycles. The van der Waals surface area contributed by atoms with E-state index in [1.165, 1.54) is 31.6 Å². The van der Waals surface area contributed by atoms with Crippen LogP contribution in [0, 0.1) is 0 Å². The second-order valence-electron chi connectivity index (χ2n) is 6.97. The number of likely N-dealkylation sites (tertiary alicyclic amines) is 1. The number of piperidine rings is 1. The lowest BCUT2D eigenvalue weighted by molar-refractivity contribution is 0.0689. The number of rotatable bonds is 0. The molecule has 1 unspecified atom stereocenters. The van der Waals surface area contributed by atoms with E-state index in [1.54, 1.807) is 0 Å². The van der Waals surface area contributed by atoms with Crippen LogP contribution in [-0.2, 0) is 12.0 Å². The Labute approximate surface area is 110 Å². The molecule has 1 spiro atoms. The summed E-state index contributed by atoms with van der Waals surface area (Å²) in [5, 5.41) is 0. The van der Waals surface area contributed by atoms with E-state index < -0.39 is 0 Å². The molecule has 2 N–H and O–H groups in total. The quantitative estimate of drug-likeness (QED) is 0.760. The van der Waals surface area contributed by atoms with Crippen molar-refractivity contribution >= 4 is 0 Å². The highest BCUT2D eigenvalue weighted by molar-refractivity contribution is 5.28. The highest BCUT2D eigenvalue weighted by Gasteiger charge is 2.47. The standard InChI is InChI=1S/C15H25N3/c1-14(2,3)18-9-6-15(7-10-18)12(16)11-17-8-4-5-13(15)17/h4-5,8,12H,6-7,9-11,16H2,1-3H3. The first-order valence-electron chi connectivity index (χ1n) is 7.10. The molecule has 1 aromatic rings. The molecule has 1 atom stereocenters. The minimum atomic E-state index is 0.241. The van der Waals surface area contributed by atoms with Crippen LogP contribution < -0.4 is 5.73 Å². The van der Waals surface area contributed by atoms with Crippen molar-refractivity contribution in [3.05, 3.63) is 24.0 Å². The summed E-state index contributed by atoms with van der Waals surface area (Å²) < 4.78 is 2.36. The Kier molecular flexibility index (Phi) is 2.62. The predicted octanol–water partition coefficient (Wildman–Crippen LogP) is 1.96. The summed E-state index contributed by atoms with van der Waals surface area (Å²) in [6.07, 6.45) is 4.59. The molecule has 2 aliphatic rings. The zero-order valence-corrected chi connectivity index (χ0v) is 11.8. The van der Waals surface area contributed by atoms with Gasteiger partial charge < -0.3 is 10.3 Å². The van der Waals surface area contributed by atoms with Crippen molar-refractivity contribution in [1.29, 1.82) is 0 Å². The van der Waals surface area contributed by atoms with Crippen LogP contribution in [0.1, 0.15) is 39.3 Å². The zero-order chi connectivity index (χ0) is 13.0. The summed E-state index contributed by atoms with van der Waals surface area (Å²) in [6, 6.07) is 4.74. The molecule has 0 bridgehead atoms. The number of hydrogen-bond donors (Lipinski definition) is 1. The number of aromatic nitrogens is 1. The first-order chi connectivity index (χ1) is 8.43. The fourth-order valence-corrected chi connectivity index (χ4v) is 3.81. The number of fused-ring (bicyclic) bond motifs is 2. The number of hydrogen-bond acceptors (Lipinski definition) is 2. The Morgan fingerprint density at radius 2 is 1.94 bits per heavy atom. The van der Waals surface area contributed by atoms with Gasteiger partial charge in [-0.05, 0) is 58.8 Å². The van der Waals surface area contributed by atoms with Crippen LogP contribution in [0.2, 0.25) is 0 Å². The van der Waals surface area contributed by atoms with E-state index in [0.717, 1.165) is 6.54 Å². The van der Waals surface area contributed by atoms with Crippen molar-refractivity contribution in [2.45, 2.75) is 57.2 Å². The van der Waals surface area contributed by atoms with Crippen LogP contribution in [0.15, 0.2) is 18.3 Å². The maximum Gasteiger partial charge on any atom is 0.0383 e. The van der Waals surface area contributed by atoms with Gasteiger partial charge in [0.2, 0.25) is 0 Å². The summed E-state index contributed by atoms with van der Waals surface area (Å²) in [6.45, 7) is 10.3. The summed E-state index contributed by atoms with van der Waals surface area (Å²) in [4.78, 5) is 2.59. The van der Waals surface area contributed by atoms with Crippen molar-refractivity contribution in [2.75, 3.05) is 13.1 Å². The molecular weight excluding hydrogens is 222 g/mol. The minimum Gasteiger partial charge on any atom is -0.349 e. The van der Waals surface area contributed by atoms with Gasteiger partial charge in [0, 0.05) is 35.4 Å². The van der Waals surface area contributed by atoms with Crippen molar-refractivity contribution in [3.63, 3.8) is 0 Å². The molecule has 1 aromatic heterocycles. The SMILES string of the molecule is CC(C)(C)N1CCC2(CC1)c1cccn1CC2N.